The molecule has 3 aromatic rings. The van der Waals surface area contributed by atoms with Gasteiger partial charge in [-0.1, -0.05) is 17.4 Å². The Bertz CT molecular complexity index is 816. The van der Waals surface area contributed by atoms with Crippen molar-refractivity contribution in [2.24, 2.45) is 0 Å². The number of thiophene rings is 1. The van der Waals surface area contributed by atoms with Crippen molar-refractivity contribution in [1.82, 2.24) is 10.2 Å². The van der Waals surface area contributed by atoms with Crippen molar-refractivity contribution >= 4 is 33.7 Å². The number of amides is 1. The first-order valence-electron chi connectivity index (χ1n) is 7.55. The number of aromatic nitrogens is 2. The number of benzene rings is 1. The third-order valence-corrected chi connectivity index (χ3v) is 5.33. The minimum Gasteiger partial charge on any atom is -0.497 e. The monoisotopic (exact) mass is 375 g/mol. The van der Waals surface area contributed by atoms with Crippen LogP contribution in [-0.2, 0) is 4.74 Å². The molecular formula is C17H17N3O3S2. The molecule has 0 bridgehead atoms. The molecule has 0 aliphatic rings. The molecule has 2 aromatic heterocycles. The number of hydrogen-bond donors (Lipinski definition) is 0. The van der Waals surface area contributed by atoms with Crippen molar-refractivity contribution in [3.63, 3.8) is 0 Å². The molecule has 130 valence electrons. The third-order valence-electron chi connectivity index (χ3n) is 3.48. The second-order valence-corrected chi connectivity index (χ2v) is 6.95. The number of anilines is 1. The van der Waals surface area contributed by atoms with E-state index in [9.17, 15) is 4.79 Å². The van der Waals surface area contributed by atoms with Crippen LogP contribution in [0, 0.1) is 0 Å². The average Bonchev–Trinajstić information content (AvgIpc) is 3.34. The summed E-state index contributed by atoms with van der Waals surface area (Å²) in [5.41, 5.74) is 0.930. The van der Waals surface area contributed by atoms with E-state index in [0.29, 0.717) is 23.2 Å². The van der Waals surface area contributed by atoms with Gasteiger partial charge in [-0.3, -0.25) is 9.69 Å². The normalized spacial score (nSPS) is 10.6. The third kappa shape index (κ3) is 4.04. The predicted molar refractivity (Wildman–Crippen MR) is 99.8 cm³/mol. The van der Waals surface area contributed by atoms with Crippen LogP contribution in [0.25, 0.3) is 10.6 Å². The molecule has 0 spiro atoms. The summed E-state index contributed by atoms with van der Waals surface area (Å²) in [5.74, 6) is 0.688. The summed E-state index contributed by atoms with van der Waals surface area (Å²) in [6.45, 7) is 0.846. The average molecular weight is 375 g/mol. The molecular weight excluding hydrogens is 358 g/mol. The first-order chi connectivity index (χ1) is 12.2. The number of methoxy groups -OCH3 is 2. The predicted octanol–water partition coefficient (Wildman–Crippen LogP) is 3.57. The number of rotatable bonds is 7. The van der Waals surface area contributed by atoms with E-state index in [-0.39, 0.29) is 5.91 Å². The molecule has 25 heavy (non-hydrogen) atoms. The minimum absolute atomic E-state index is 0.0931. The Morgan fingerprint density at radius 2 is 1.96 bits per heavy atom. The van der Waals surface area contributed by atoms with Gasteiger partial charge in [-0.15, -0.1) is 21.5 Å². The number of hydrogen-bond acceptors (Lipinski definition) is 7. The number of nitrogens with zero attached hydrogens (tertiary/aromatic N) is 3. The highest BCUT2D eigenvalue weighted by atomic mass is 32.1. The van der Waals surface area contributed by atoms with Crippen LogP contribution in [0.3, 0.4) is 0 Å². The number of ether oxygens (including phenoxy) is 2. The van der Waals surface area contributed by atoms with Crippen LogP contribution >= 0.6 is 22.7 Å². The van der Waals surface area contributed by atoms with E-state index >= 15 is 0 Å². The Labute approximate surface area is 153 Å². The molecule has 6 nitrogen and oxygen atoms in total. The maximum Gasteiger partial charge on any atom is 0.270 e. The topological polar surface area (TPSA) is 64.5 Å². The molecule has 8 heteroatoms. The van der Waals surface area contributed by atoms with Crippen molar-refractivity contribution in [3.05, 3.63) is 46.7 Å². The molecule has 0 saturated heterocycles. The van der Waals surface area contributed by atoms with Crippen molar-refractivity contribution in [1.29, 1.82) is 0 Å². The van der Waals surface area contributed by atoms with Gasteiger partial charge in [0.15, 0.2) is 0 Å². The lowest BCUT2D eigenvalue weighted by Crippen LogP contribution is -2.33. The van der Waals surface area contributed by atoms with Crippen molar-refractivity contribution in [3.8, 4) is 16.3 Å². The summed E-state index contributed by atoms with van der Waals surface area (Å²) in [6.07, 6.45) is 0. The second-order valence-electron chi connectivity index (χ2n) is 5.05. The fourth-order valence-corrected chi connectivity index (χ4v) is 3.72. The van der Waals surface area contributed by atoms with E-state index in [1.807, 2.05) is 35.7 Å². The molecule has 0 radical (unpaired) electrons. The Kier molecular flexibility index (Phi) is 5.75. The number of carbonyl (C=O) groups is 1. The molecule has 3 rings (SSSR count). The highest BCUT2D eigenvalue weighted by molar-refractivity contribution is 7.18. The standard InChI is InChI=1S/C17H17N3O3S2/c1-22-10-9-20(16(21)14-4-3-11-24-14)17-19-18-15(25-17)12-5-7-13(23-2)8-6-12/h3-8,11H,9-10H2,1-2H3. The van der Waals surface area contributed by atoms with Crippen LogP contribution in [0.5, 0.6) is 5.75 Å². The van der Waals surface area contributed by atoms with Crippen LogP contribution in [0.15, 0.2) is 41.8 Å². The summed E-state index contributed by atoms with van der Waals surface area (Å²) in [6, 6.07) is 11.2. The van der Waals surface area contributed by atoms with E-state index in [1.54, 1.807) is 25.2 Å². The zero-order chi connectivity index (χ0) is 17.6. The summed E-state index contributed by atoms with van der Waals surface area (Å²) < 4.78 is 10.3. The summed E-state index contributed by atoms with van der Waals surface area (Å²) >= 11 is 2.78. The Morgan fingerprint density at radius 3 is 2.60 bits per heavy atom. The van der Waals surface area contributed by atoms with Crippen LogP contribution < -0.4 is 9.64 Å². The fraction of sp³-hybridized carbons (Fsp3) is 0.235. The zero-order valence-electron chi connectivity index (χ0n) is 13.8. The van der Waals surface area contributed by atoms with Crippen LogP contribution in [-0.4, -0.2) is 43.5 Å². The van der Waals surface area contributed by atoms with Gasteiger partial charge in [0.05, 0.1) is 25.1 Å². The summed E-state index contributed by atoms with van der Waals surface area (Å²) in [4.78, 5) is 15.0. The lowest BCUT2D eigenvalue weighted by Gasteiger charge is -2.17. The van der Waals surface area contributed by atoms with E-state index < -0.39 is 0 Å². The minimum atomic E-state index is -0.0931. The van der Waals surface area contributed by atoms with Gasteiger partial charge in [-0.2, -0.15) is 0 Å². The quantitative estimate of drug-likeness (QED) is 0.632. The van der Waals surface area contributed by atoms with Gasteiger partial charge in [-0.25, -0.2) is 0 Å². The van der Waals surface area contributed by atoms with Crippen molar-refractivity contribution in [2.75, 3.05) is 32.3 Å². The largest absolute Gasteiger partial charge is 0.497 e. The highest BCUT2D eigenvalue weighted by Crippen LogP contribution is 2.30. The van der Waals surface area contributed by atoms with Gasteiger partial charge in [0.2, 0.25) is 5.13 Å². The Balaban J connectivity index is 1.86. The molecule has 0 atom stereocenters. The Morgan fingerprint density at radius 1 is 1.16 bits per heavy atom. The van der Waals surface area contributed by atoms with Gasteiger partial charge >= 0.3 is 0 Å². The smallest absolute Gasteiger partial charge is 0.270 e. The van der Waals surface area contributed by atoms with E-state index in [4.69, 9.17) is 9.47 Å². The lowest BCUT2D eigenvalue weighted by atomic mass is 10.2. The zero-order valence-corrected chi connectivity index (χ0v) is 15.5. The van der Waals surface area contributed by atoms with Gasteiger partial charge in [0.1, 0.15) is 10.8 Å². The first-order valence-corrected chi connectivity index (χ1v) is 9.25. The van der Waals surface area contributed by atoms with Crippen LogP contribution in [0.4, 0.5) is 5.13 Å². The molecule has 2 heterocycles. The molecule has 1 aromatic carbocycles. The summed E-state index contributed by atoms with van der Waals surface area (Å²) in [7, 11) is 3.23. The lowest BCUT2D eigenvalue weighted by molar-refractivity contribution is 0.0979. The van der Waals surface area contributed by atoms with Gasteiger partial charge in [-0.05, 0) is 35.7 Å². The fourth-order valence-electron chi connectivity index (χ4n) is 2.17. The van der Waals surface area contributed by atoms with E-state index in [0.717, 1.165) is 16.3 Å². The molecule has 1 amide bonds. The Hall–Kier alpha value is -2.29. The van der Waals surface area contributed by atoms with Crippen molar-refractivity contribution in [2.45, 2.75) is 0 Å². The van der Waals surface area contributed by atoms with E-state index in [2.05, 4.69) is 10.2 Å². The van der Waals surface area contributed by atoms with Gasteiger partial charge in [0, 0.05) is 12.7 Å². The summed E-state index contributed by atoms with van der Waals surface area (Å²) in [5, 5.41) is 11.6. The molecule has 0 aliphatic heterocycles. The van der Waals surface area contributed by atoms with Crippen molar-refractivity contribution < 1.29 is 14.3 Å². The molecule has 0 unspecified atom stereocenters. The van der Waals surface area contributed by atoms with Gasteiger partial charge in [0.25, 0.3) is 5.91 Å². The number of carbonyl (C=O) groups excluding carboxylic acids is 1. The molecule has 0 aliphatic carbocycles. The van der Waals surface area contributed by atoms with Gasteiger partial charge < -0.3 is 9.47 Å². The molecule has 0 saturated carbocycles. The SMILES string of the molecule is COCCN(C(=O)c1cccs1)c1nnc(-c2ccc(OC)cc2)s1. The van der Waals surface area contributed by atoms with Crippen LogP contribution in [0.1, 0.15) is 9.67 Å². The highest BCUT2D eigenvalue weighted by Gasteiger charge is 2.22. The maximum absolute atomic E-state index is 12.7. The molecule has 0 N–H and O–H groups in total. The van der Waals surface area contributed by atoms with Crippen LogP contribution in [0.2, 0.25) is 0 Å². The first kappa shape index (κ1) is 17.5. The molecule has 0 fully saturated rings. The van der Waals surface area contributed by atoms with E-state index in [1.165, 1.54) is 22.7 Å². The second kappa shape index (κ2) is 8.19. The maximum atomic E-state index is 12.7.